The number of rotatable bonds is 5. The average molecular weight is 393 g/mol. The number of alkyl halides is 3. The molecular formula is C16H12ClF3O4S. The molecule has 0 heterocycles. The van der Waals surface area contributed by atoms with E-state index < -0.39 is 34.6 Å². The number of hydrogen-bond acceptors (Lipinski definition) is 3. The Morgan fingerprint density at radius 2 is 1.80 bits per heavy atom. The van der Waals surface area contributed by atoms with Gasteiger partial charge in [0.25, 0.3) is 0 Å². The molecule has 2 atom stereocenters. The van der Waals surface area contributed by atoms with E-state index in [0.717, 1.165) is 18.2 Å². The predicted octanol–water partition coefficient (Wildman–Crippen LogP) is 4.38. The molecule has 134 valence electrons. The summed E-state index contributed by atoms with van der Waals surface area (Å²) in [6.07, 6.45) is -5.59. The quantitative estimate of drug-likeness (QED) is 0.820. The van der Waals surface area contributed by atoms with Crippen molar-refractivity contribution in [3.05, 3.63) is 53.1 Å². The lowest BCUT2D eigenvalue weighted by Gasteiger charge is -2.12. The minimum absolute atomic E-state index is 0.0437. The van der Waals surface area contributed by atoms with Gasteiger partial charge in [0.2, 0.25) is 0 Å². The van der Waals surface area contributed by atoms with Crippen LogP contribution in [0.1, 0.15) is 12.5 Å². The second kappa shape index (κ2) is 7.45. The SMILES string of the molecule is CC(Oc1ccc(S(=O)c2ccc(C(F)(F)F)cc2Cl)cc1)C(=O)O. The van der Waals surface area contributed by atoms with Crippen molar-refractivity contribution in [3.8, 4) is 5.75 Å². The van der Waals surface area contributed by atoms with Gasteiger partial charge in [-0.15, -0.1) is 0 Å². The molecule has 0 bridgehead atoms. The molecule has 0 fully saturated rings. The second-order valence-corrected chi connectivity index (χ2v) is 6.84. The van der Waals surface area contributed by atoms with E-state index in [1.54, 1.807) is 0 Å². The summed E-state index contributed by atoms with van der Waals surface area (Å²) in [4.78, 5) is 11.1. The molecule has 0 spiro atoms. The first-order valence-corrected chi connectivity index (χ1v) is 8.40. The van der Waals surface area contributed by atoms with Crippen molar-refractivity contribution in [1.29, 1.82) is 0 Å². The first-order chi connectivity index (χ1) is 11.6. The zero-order chi connectivity index (χ0) is 18.8. The van der Waals surface area contributed by atoms with Crippen LogP contribution in [-0.2, 0) is 21.8 Å². The largest absolute Gasteiger partial charge is 0.479 e. The summed E-state index contributed by atoms with van der Waals surface area (Å²) in [5.74, 6) is -0.877. The van der Waals surface area contributed by atoms with Gasteiger partial charge in [0, 0.05) is 4.90 Å². The monoisotopic (exact) mass is 392 g/mol. The number of halogens is 4. The molecule has 0 amide bonds. The fraction of sp³-hybridized carbons (Fsp3) is 0.188. The highest BCUT2D eigenvalue weighted by Gasteiger charge is 2.31. The third-order valence-electron chi connectivity index (χ3n) is 3.16. The lowest BCUT2D eigenvalue weighted by Crippen LogP contribution is -2.22. The zero-order valence-corrected chi connectivity index (χ0v) is 14.3. The molecular weight excluding hydrogens is 381 g/mol. The van der Waals surface area contributed by atoms with Crippen molar-refractivity contribution < 1.29 is 32.0 Å². The maximum atomic E-state index is 12.6. The van der Waals surface area contributed by atoms with E-state index in [1.165, 1.54) is 31.2 Å². The highest BCUT2D eigenvalue weighted by Crippen LogP contribution is 2.34. The molecule has 0 radical (unpaired) electrons. The summed E-state index contributed by atoms with van der Waals surface area (Å²) >= 11 is 5.83. The van der Waals surface area contributed by atoms with E-state index in [-0.39, 0.29) is 20.6 Å². The van der Waals surface area contributed by atoms with E-state index in [0.29, 0.717) is 0 Å². The van der Waals surface area contributed by atoms with Gasteiger partial charge in [-0.25, -0.2) is 9.00 Å². The minimum Gasteiger partial charge on any atom is -0.479 e. The Morgan fingerprint density at radius 3 is 2.28 bits per heavy atom. The normalized spacial score (nSPS) is 14.0. The highest BCUT2D eigenvalue weighted by molar-refractivity contribution is 7.85. The van der Waals surface area contributed by atoms with Crippen LogP contribution in [0.5, 0.6) is 5.75 Å². The first-order valence-electron chi connectivity index (χ1n) is 6.87. The fourth-order valence-electron chi connectivity index (χ4n) is 1.85. The van der Waals surface area contributed by atoms with Gasteiger partial charge in [-0.2, -0.15) is 13.2 Å². The van der Waals surface area contributed by atoms with Crippen molar-refractivity contribution in [2.75, 3.05) is 0 Å². The Bertz CT molecular complexity index is 806. The number of hydrogen-bond donors (Lipinski definition) is 1. The summed E-state index contributed by atoms with van der Waals surface area (Å²) in [6.45, 7) is 1.36. The number of benzene rings is 2. The molecule has 9 heteroatoms. The Balaban J connectivity index is 2.22. The first kappa shape index (κ1) is 19.3. The van der Waals surface area contributed by atoms with Gasteiger partial charge in [-0.05, 0) is 49.4 Å². The van der Waals surface area contributed by atoms with Crippen LogP contribution in [0.25, 0.3) is 0 Å². The Labute approximate surface area is 148 Å². The van der Waals surface area contributed by atoms with Gasteiger partial charge in [0.15, 0.2) is 6.10 Å². The van der Waals surface area contributed by atoms with Crippen LogP contribution in [-0.4, -0.2) is 21.4 Å². The van der Waals surface area contributed by atoms with Gasteiger partial charge >= 0.3 is 12.1 Å². The van der Waals surface area contributed by atoms with Gasteiger partial charge in [-0.1, -0.05) is 11.6 Å². The molecule has 0 aliphatic rings. The van der Waals surface area contributed by atoms with E-state index in [4.69, 9.17) is 21.4 Å². The molecule has 0 saturated heterocycles. The van der Waals surface area contributed by atoms with Crippen LogP contribution in [0.2, 0.25) is 5.02 Å². The predicted molar refractivity (Wildman–Crippen MR) is 85.3 cm³/mol. The summed E-state index contributed by atoms with van der Waals surface area (Å²) in [6, 6.07) is 8.29. The number of aliphatic carboxylic acids is 1. The summed E-state index contributed by atoms with van der Waals surface area (Å²) in [7, 11) is -1.79. The standard InChI is InChI=1S/C16H12ClF3O4S/c1-9(15(21)22)24-11-3-5-12(6-4-11)25(23)14-7-2-10(8-13(14)17)16(18,19)20/h2-9H,1H3,(H,21,22). The van der Waals surface area contributed by atoms with E-state index in [2.05, 4.69) is 0 Å². The smallest absolute Gasteiger partial charge is 0.416 e. The van der Waals surface area contributed by atoms with Gasteiger partial charge in [0.1, 0.15) is 5.75 Å². The van der Waals surface area contributed by atoms with Crippen molar-refractivity contribution in [3.63, 3.8) is 0 Å². The number of ether oxygens (including phenoxy) is 1. The number of carbonyl (C=O) groups is 1. The van der Waals surface area contributed by atoms with Crippen LogP contribution in [0.15, 0.2) is 52.3 Å². The van der Waals surface area contributed by atoms with E-state index in [9.17, 15) is 22.2 Å². The summed E-state index contributed by atoms with van der Waals surface area (Å²) in [5.41, 5.74) is -0.926. The molecule has 0 aliphatic carbocycles. The van der Waals surface area contributed by atoms with E-state index in [1.807, 2.05) is 0 Å². The van der Waals surface area contributed by atoms with Crippen LogP contribution in [0, 0.1) is 0 Å². The summed E-state index contributed by atoms with van der Waals surface area (Å²) in [5, 5.41) is 8.52. The van der Waals surface area contributed by atoms with Gasteiger partial charge < -0.3 is 9.84 Å². The topological polar surface area (TPSA) is 63.6 Å². The molecule has 0 aromatic heterocycles. The Hall–Kier alpha value is -2.06. The second-order valence-electron chi connectivity index (χ2n) is 4.98. The Kier molecular flexibility index (Phi) is 5.74. The number of carboxylic acid groups (broad SMARTS) is 1. The van der Waals surface area contributed by atoms with Crippen molar-refractivity contribution in [2.45, 2.75) is 29.0 Å². The third-order valence-corrected chi connectivity index (χ3v) is 5.04. The minimum atomic E-state index is -4.54. The van der Waals surface area contributed by atoms with Gasteiger partial charge in [0.05, 0.1) is 26.3 Å². The van der Waals surface area contributed by atoms with Gasteiger partial charge in [-0.3, -0.25) is 0 Å². The van der Waals surface area contributed by atoms with Crippen LogP contribution >= 0.6 is 11.6 Å². The molecule has 4 nitrogen and oxygen atoms in total. The average Bonchev–Trinajstić information content (AvgIpc) is 2.54. The Morgan fingerprint density at radius 1 is 1.20 bits per heavy atom. The maximum absolute atomic E-state index is 12.6. The van der Waals surface area contributed by atoms with Crippen molar-refractivity contribution in [1.82, 2.24) is 0 Å². The van der Waals surface area contributed by atoms with Crippen LogP contribution < -0.4 is 4.74 Å². The van der Waals surface area contributed by atoms with E-state index >= 15 is 0 Å². The van der Waals surface area contributed by atoms with Crippen LogP contribution in [0.3, 0.4) is 0 Å². The lowest BCUT2D eigenvalue weighted by atomic mass is 10.2. The molecule has 0 saturated carbocycles. The maximum Gasteiger partial charge on any atom is 0.416 e. The highest BCUT2D eigenvalue weighted by atomic mass is 35.5. The lowest BCUT2D eigenvalue weighted by molar-refractivity contribution is -0.144. The fourth-order valence-corrected chi connectivity index (χ4v) is 3.31. The molecule has 0 aliphatic heterocycles. The van der Waals surface area contributed by atoms with Crippen molar-refractivity contribution >= 4 is 28.4 Å². The molecule has 25 heavy (non-hydrogen) atoms. The molecule has 2 aromatic rings. The molecule has 1 N–H and O–H groups in total. The molecule has 2 unspecified atom stereocenters. The zero-order valence-electron chi connectivity index (χ0n) is 12.7. The molecule has 2 aromatic carbocycles. The molecule has 2 rings (SSSR count). The number of carboxylic acids is 1. The third kappa shape index (κ3) is 4.73. The summed E-state index contributed by atoms with van der Waals surface area (Å²) < 4.78 is 55.5. The van der Waals surface area contributed by atoms with Crippen LogP contribution in [0.4, 0.5) is 13.2 Å². The van der Waals surface area contributed by atoms with Crippen molar-refractivity contribution in [2.24, 2.45) is 0 Å².